The minimum atomic E-state index is -2.93. The summed E-state index contributed by atoms with van der Waals surface area (Å²) in [5, 5.41) is 9.81. The number of rotatable bonds is 8. The third-order valence-corrected chi connectivity index (χ3v) is 2.68. The molecule has 2 rings (SSSR count). The largest absolute Gasteiger partial charge is 0.491 e. The molecule has 1 N–H and O–H groups in total. The summed E-state index contributed by atoms with van der Waals surface area (Å²) in [4.78, 5) is 0. The molecule has 0 aromatic heterocycles. The van der Waals surface area contributed by atoms with E-state index in [2.05, 4.69) is 4.74 Å². The molecule has 0 amide bonds. The van der Waals surface area contributed by atoms with Crippen LogP contribution in [0.4, 0.5) is 8.78 Å². The van der Waals surface area contributed by atoms with Gasteiger partial charge >= 0.3 is 6.61 Å². The van der Waals surface area contributed by atoms with Crippen LogP contribution in [0.5, 0.6) is 17.2 Å². The molecule has 0 heterocycles. The Hall–Kier alpha value is -2.34. The lowest BCUT2D eigenvalue weighted by molar-refractivity contribution is -0.0520. The third kappa shape index (κ3) is 5.21. The maximum atomic E-state index is 12.3. The minimum Gasteiger partial charge on any atom is -0.491 e. The van der Waals surface area contributed by atoms with Crippen molar-refractivity contribution in [3.05, 3.63) is 54.6 Å². The molecule has 0 aliphatic rings. The summed E-state index contributed by atoms with van der Waals surface area (Å²) >= 11 is 0. The second-order valence-corrected chi connectivity index (χ2v) is 4.41. The van der Waals surface area contributed by atoms with Crippen molar-refractivity contribution in [3.8, 4) is 17.2 Å². The van der Waals surface area contributed by atoms with Gasteiger partial charge in [0.1, 0.15) is 25.1 Å². The Bertz CT molecular complexity index is 563. The zero-order chi connectivity index (χ0) is 15.8. The number of aliphatic hydroxyl groups is 1. The molecule has 0 radical (unpaired) electrons. The number of aliphatic hydroxyl groups excluding tert-OH is 1. The van der Waals surface area contributed by atoms with Gasteiger partial charge in [-0.25, -0.2) is 0 Å². The molecular weight excluding hydrogens is 294 g/mol. The summed E-state index contributed by atoms with van der Waals surface area (Å²) in [6.07, 6.45) is -0.903. The van der Waals surface area contributed by atoms with Crippen LogP contribution in [0.3, 0.4) is 0 Å². The molecule has 6 heteroatoms. The number of para-hydroxylation sites is 3. The van der Waals surface area contributed by atoms with Crippen LogP contribution in [0.1, 0.15) is 0 Å². The van der Waals surface area contributed by atoms with Crippen LogP contribution < -0.4 is 14.2 Å². The Balaban J connectivity index is 1.82. The highest BCUT2D eigenvalue weighted by Crippen LogP contribution is 2.28. The predicted octanol–water partition coefficient (Wildman–Crippen LogP) is 3.11. The molecule has 0 spiro atoms. The van der Waals surface area contributed by atoms with Crippen molar-refractivity contribution in [1.29, 1.82) is 0 Å². The van der Waals surface area contributed by atoms with Crippen molar-refractivity contribution < 1.29 is 28.1 Å². The van der Waals surface area contributed by atoms with Gasteiger partial charge in [-0.15, -0.1) is 0 Å². The van der Waals surface area contributed by atoms with Crippen LogP contribution in [-0.2, 0) is 0 Å². The first-order valence-corrected chi connectivity index (χ1v) is 6.67. The number of benzene rings is 2. The molecule has 2 aromatic carbocycles. The molecule has 22 heavy (non-hydrogen) atoms. The first kappa shape index (κ1) is 16.0. The van der Waals surface area contributed by atoms with E-state index < -0.39 is 12.7 Å². The van der Waals surface area contributed by atoms with Gasteiger partial charge in [0.2, 0.25) is 0 Å². The molecule has 4 nitrogen and oxygen atoms in total. The summed E-state index contributed by atoms with van der Waals surface area (Å²) in [7, 11) is 0. The standard InChI is InChI=1S/C16H16F2O4/c17-16(18)22-15-9-5-4-8-14(15)21-11-12(19)10-20-13-6-2-1-3-7-13/h1-9,12,16,19H,10-11H2. The van der Waals surface area contributed by atoms with Crippen LogP contribution in [0.25, 0.3) is 0 Å². The molecule has 0 aliphatic carbocycles. The molecule has 0 saturated heterocycles. The normalized spacial score (nSPS) is 12.0. The van der Waals surface area contributed by atoms with Gasteiger partial charge in [0, 0.05) is 0 Å². The molecule has 0 saturated carbocycles. The Kier molecular flexibility index (Phi) is 5.97. The minimum absolute atomic E-state index is 0.0296. The fraction of sp³-hybridized carbons (Fsp3) is 0.250. The molecule has 0 fully saturated rings. The van der Waals surface area contributed by atoms with Gasteiger partial charge in [0.05, 0.1) is 0 Å². The Labute approximate surface area is 126 Å². The SMILES string of the molecule is OC(COc1ccccc1)COc1ccccc1OC(F)F. The number of alkyl halides is 2. The van der Waals surface area contributed by atoms with E-state index in [1.165, 1.54) is 12.1 Å². The second-order valence-electron chi connectivity index (χ2n) is 4.41. The summed E-state index contributed by atoms with van der Waals surface area (Å²) in [5.41, 5.74) is 0. The van der Waals surface area contributed by atoms with Crippen molar-refractivity contribution in [1.82, 2.24) is 0 Å². The van der Waals surface area contributed by atoms with E-state index in [-0.39, 0.29) is 24.7 Å². The number of hydrogen-bond acceptors (Lipinski definition) is 4. The van der Waals surface area contributed by atoms with Crippen molar-refractivity contribution in [2.45, 2.75) is 12.7 Å². The van der Waals surface area contributed by atoms with E-state index in [0.717, 1.165) is 0 Å². The first-order chi connectivity index (χ1) is 10.6. The molecule has 0 aliphatic heterocycles. The lowest BCUT2D eigenvalue weighted by atomic mass is 10.3. The maximum absolute atomic E-state index is 12.3. The molecular formula is C16H16F2O4. The van der Waals surface area contributed by atoms with Crippen LogP contribution in [0.15, 0.2) is 54.6 Å². The van der Waals surface area contributed by atoms with Crippen LogP contribution in [-0.4, -0.2) is 31.0 Å². The highest BCUT2D eigenvalue weighted by molar-refractivity contribution is 5.39. The highest BCUT2D eigenvalue weighted by Gasteiger charge is 2.12. The molecule has 0 bridgehead atoms. The van der Waals surface area contributed by atoms with Gasteiger partial charge in [-0.3, -0.25) is 0 Å². The molecule has 1 atom stereocenters. The van der Waals surface area contributed by atoms with Crippen LogP contribution in [0.2, 0.25) is 0 Å². The molecule has 118 valence electrons. The first-order valence-electron chi connectivity index (χ1n) is 6.67. The molecule has 1 unspecified atom stereocenters. The van der Waals surface area contributed by atoms with E-state index in [9.17, 15) is 13.9 Å². The van der Waals surface area contributed by atoms with E-state index in [1.807, 2.05) is 18.2 Å². The van der Waals surface area contributed by atoms with Crippen molar-refractivity contribution in [3.63, 3.8) is 0 Å². The lowest BCUT2D eigenvalue weighted by Gasteiger charge is -2.15. The average molecular weight is 310 g/mol. The van der Waals surface area contributed by atoms with Crippen molar-refractivity contribution >= 4 is 0 Å². The number of hydrogen-bond donors (Lipinski definition) is 1. The third-order valence-electron chi connectivity index (χ3n) is 2.68. The van der Waals surface area contributed by atoms with Crippen molar-refractivity contribution in [2.75, 3.05) is 13.2 Å². The van der Waals surface area contributed by atoms with E-state index >= 15 is 0 Å². The fourth-order valence-electron chi connectivity index (χ4n) is 1.71. The smallest absolute Gasteiger partial charge is 0.387 e. The highest BCUT2D eigenvalue weighted by atomic mass is 19.3. The second kappa shape index (κ2) is 8.19. The molecule has 2 aromatic rings. The monoisotopic (exact) mass is 310 g/mol. The quantitative estimate of drug-likeness (QED) is 0.814. The number of ether oxygens (including phenoxy) is 3. The maximum Gasteiger partial charge on any atom is 0.387 e. The zero-order valence-electron chi connectivity index (χ0n) is 11.7. The summed E-state index contributed by atoms with van der Waals surface area (Å²) in [6, 6.07) is 15.0. The number of halogens is 2. The summed E-state index contributed by atoms with van der Waals surface area (Å²) < 4.78 is 39.5. The fourth-order valence-corrected chi connectivity index (χ4v) is 1.71. The van der Waals surface area contributed by atoms with Gasteiger partial charge in [-0.2, -0.15) is 8.78 Å². The van der Waals surface area contributed by atoms with E-state index in [0.29, 0.717) is 5.75 Å². The zero-order valence-corrected chi connectivity index (χ0v) is 11.7. The Morgan fingerprint density at radius 3 is 2.09 bits per heavy atom. The topological polar surface area (TPSA) is 47.9 Å². The van der Waals surface area contributed by atoms with E-state index in [4.69, 9.17) is 9.47 Å². The van der Waals surface area contributed by atoms with Gasteiger partial charge in [-0.05, 0) is 24.3 Å². The Morgan fingerprint density at radius 1 is 0.818 bits per heavy atom. The Morgan fingerprint density at radius 2 is 1.41 bits per heavy atom. The van der Waals surface area contributed by atoms with Crippen LogP contribution in [0, 0.1) is 0 Å². The van der Waals surface area contributed by atoms with Gasteiger partial charge < -0.3 is 19.3 Å². The van der Waals surface area contributed by atoms with Gasteiger partial charge in [-0.1, -0.05) is 30.3 Å². The van der Waals surface area contributed by atoms with Crippen molar-refractivity contribution in [2.24, 2.45) is 0 Å². The summed E-state index contributed by atoms with van der Waals surface area (Å²) in [5.74, 6) is 0.693. The van der Waals surface area contributed by atoms with Gasteiger partial charge in [0.15, 0.2) is 11.5 Å². The predicted molar refractivity (Wildman–Crippen MR) is 76.5 cm³/mol. The van der Waals surface area contributed by atoms with E-state index in [1.54, 1.807) is 24.3 Å². The van der Waals surface area contributed by atoms with Crippen LogP contribution >= 0.6 is 0 Å². The average Bonchev–Trinajstić information content (AvgIpc) is 2.52. The lowest BCUT2D eigenvalue weighted by Crippen LogP contribution is -2.25. The van der Waals surface area contributed by atoms with Gasteiger partial charge in [0.25, 0.3) is 0 Å². The summed E-state index contributed by atoms with van der Waals surface area (Å²) in [6.45, 7) is -3.01.